The highest BCUT2D eigenvalue weighted by atomic mass is 35.5. The van der Waals surface area contributed by atoms with Crippen molar-refractivity contribution in [1.29, 1.82) is 0 Å². The molecule has 0 fully saturated rings. The third-order valence-corrected chi connectivity index (χ3v) is 8.63. The van der Waals surface area contributed by atoms with Crippen molar-refractivity contribution in [3.63, 3.8) is 0 Å². The summed E-state index contributed by atoms with van der Waals surface area (Å²) in [6.07, 6.45) is -4.78. The van der Waals surface area contributed by atoms with Crippen LogP contribution in [0, 0.1) is 12.7 Å². The van der Waals surface area contributed by atoms with Gasteiger partial charge in [-0.1, -0.05) is 48.4 Å². The number of aryl methyl sites for hydroxylation is 1. The number of carbonyl (C=O) groups excluding carboxylic acids is 2. The Labute approximate surface area is 253 Å². The van der Waals surface area contributed by atoms with Gasteiger partial charge in [-0.3, -0.25) is 13.9 Å². The van der Waals surface area contributed by atoms with Gasteiger partial charge in [-0.25, -0.2) is 12.8 Å². The average Bonchev–Trinajstić information content (AvgIpc) is 2.92. The third kappa shape index (κ3) is 8.47. The monoisotopic (exact) mass is 641 g/mol. The molecule has 13 heteroatoms. The van der Waals surface area contributed by atoms with E-state index in [1.165, 1.54) is 48.5 Å². The smallest absolute Gasteiger partial charge is 0.352 e. The van der Waals surface area contributed by atoms with Crippen LogP contribution in [-0.4, -0.2) is 43.8 Å². The van der Waals surface area contributed by atoms with E-state index in [9.17, 15) is 35.6 Å². The Morgan fingerprint density at radius 2 is 1.58 bits per heavy atom. The molecular formula is C30H32ClF4N3O4S. The fourth-order valence-electron chi connectivity index (χ4n) is 4.34. The largest absolute Gasteiger partial charge is 0.417 e. The first kappa shape index (κ1) is 33.9. The molecule has 0 radical (unpaired) electrons. The molecule has 0 aliphatic carbocycles. The van der Waals surface area contributed by atoms with E-state index < -0.39 is 62.7 Å². The van der Waals surface area contributed by atoms with E-state index in [4.69, 9.17) is 11.6 Å². The molecule has 1 atom stereocenters. The van der Waals surface area contributed by atoms with Crippen LogP contribution >= 0.6 is 11.6 Å². The van der Waals surface area contributed by atoms with Crippen LogP contribution in [0.1, 0.15) is 43.9 Å². The van der Waals surface area contributed by atoms with Crippen molar-refractivity contribution in [3.8, 4) is 0 Å². The molecule has 232 valence electrons. The molecule has 0 aliphatic rings. The number of carbonyl (C=O) groups is 2. The highest BCUT2D eigenvalue weighted by Gasteiger charge is 2.37. The van der Waals surface area contributed by atoms with E-state index in [0.717, 1.165) is 22.6 Å². The van der Waals surface area contributed by atoms with E-state index in [2.05, 4.69) is 5.32 Å². The maximum Gasteiger partial charge on any atom is 0.417 e. The summed E-state index contributed by atoms with van der Waals surface area (Å²) in [6, 6.07) is 12.0. The Balaban J connectivity index is 2.15. The number of amides is 2. The van der Waals surface area contributed by atoms with Gasteiger partial charge in [0.05, 0.1) is 21.2 Å². The van der Waals surface area contributed by atoms with Crippen LogP contribution in [0.2, 0.25) is 5.02 Å². The molecular weight excluding hydrogens is 610 g/mol. The zero-order valence-electron chi connectivity index (χ0n) is 24.0. The van der Waals surface area contributed by atoms with Crippen molar-refractivity contribution in [3.05, 3.63) is 94.3 Å². The Morgan fingerprint density at radius 1 is 0.977 bits per heavy atom. The van der Waals surface area contributed by atoms with Crippen molar-refractivity contribution < 1.29 is 35.6 Å². The second kappa shape index (κ2) is 13.8. The molecule has 7 nitrogen and oxygen atoms in total. The van der Waals surface area contributed by atoms with Gasteiger partial charge in [0.15, 0.2) is 0 Å². The summed E-state index contributed by atoms with van der Waals surface area (Å²) < 4.78 is 83.2. The molecule has 0 bridgehead atoms. The summed E-state index contributed by atoms with van der Waals surface area (Å²) >= 11 is 5.79. The number of nitrogens with zero attached hydrogens (tertiary/aromatic N) is 2. The van der Waals surface area contributed by atoms with Gasteiger partial charge in [0.1, 0.15) is 18.4 Å². The molecule has 3 rings (SSSR count). The average molecular weight is 642 g/mol. The number of anilines is 1. The number of hydrogen-bond acceptors (Lipinski definition) is 4. The lowest BCUT2D eigenvalue weighted by Gasteiger charge is -2.33. The highest BCUT2D eigenvalue weighted by Crippen LogP contribution is 2.38. The summed E-state index contributed by atoms with van der Waals surface area (Å²) in [4.78, 5) is 28.0. The first-order chi connectivity index (χ1) is 20.0. The van der Waals surface area contributed by atoms with Crippen LogP contribution in [-0.2, 0) is 32.3 Å². The number of alkyl halides is 3. The Morgan fingerprint density at radius 3 is 2.12 bits per heavy atom. The zero-order valence-corrected chi connectivity index (χ0v) is 25.5. The van der Waals surface area contributed by atoms with Gasteiger partial charge in [0.25, 0.3) is 10.0 Å². The molecule has 3 aromatic rings. The van der Waals surface area contributed by atoms with Crippen LogP contribution in [0.25, 0.3) is 0 Å². The first-order valence-corrected chi connectivity index (χ1v) is 15.2. The molecule has 43 heavy (non-hydrogen) atoms. The molecule has 0 aliphatic heterocycles. The van der Waals surface area contributed by atoms with Crippen molar-refractivity contribution in [2.24, 2.45) is 0 Å². The van der Waals surface area contributed by atoms with Gasteiger partial charge in [0.2, 0.25) is 11.8 Å². The Kier molecular flexibility index (Phi) is 10.8. The van der Waals surface area contributed by atoms with Crippen molar-refractivity contribution in [2.75, 3.05) is 10.8 Å². The first-order valence-electron chi connectivity index (χ1n) is 13.3. The van der Waals surface area contributed by atoms with Crippen molar-refractivity contribution in [1.82, 2.24) is 10.2 Å². The molecule has 0 saturated heterocycles. The predicted molar refractivity (Wildman–Crippen MR) is 156 cm³/mol. The van der Waals surface area contributed by atoms with Crippen LogP contribution in [0.3, 0.4) is 0 Å². The number of hydrogen-bond donors (Lipinski definition) is 1. The van der Waals surface area contributed by atoms with Gasteiger partial charge in [-0.15, -0.1) is 0 Å². The summed E-state index contributed by atoms with van der Waals surface area (Å²) in [7, 11) is -4.60. The van der Waals surface area contributed by atoms with Gasteiger partial charge in [0, 0.05) is 12.6 Å². The summed E-state index contributed by atoms with van der Waals surface area (Å²) in [5.41, 5.74) is -0.551. The number of halogens is 5. The maximum atomic E-state index is 14.0. The maximum absolute atomic E-state index is 14.0. The minimum Gasteiger partial charge on any atom is -0.352 e. The summed E-state index contributed by atoms with van der Waals surface area (Å²) in [5, 5.41) is 2.09. The number of benzene rings is 3. The van der Waals surface area contributed by atoms with Gasteiger partial charge in [-0.2, -0.15) is 13.2 Å². The highest BCUT2D eigenvalue weighted by molar-refractivity contribution is 7.92. The van der Waals surface area contributed by atoms with Crippen LogP contribution < -0.4 is 9.62 Å². The minimum absolute atomic E-state index is 0.134. The molecule has 0 spiro atoms. The second-order valence-electron chi connectivity index (χ2n) is 10.2. The van der Waals surface area contributed by atoms with Gasteiger partial charge < -0.3 is 10.2 Å². The van der Waals surface area contributed by atoms with Crippen molar-refractivity contribution in [2.45, 2.75) is 63.8 Å². The predicted octanol–water partition coefficient (Wildman–Crippen LogP) is 6.33. The molecule has 2 amide bonds. The van der Waals surface area contributed by atoms with E-state index in [1.807, 2.05) is 0 Å². The normalized spacial score (nSPS) is 12.6. The number of rotatable bonds is 11. The van der Waals surface area contributed by atoms with Crippen molar-refractivity contribution >= 4 is 39.1 Å². The Hall–Kier alpha value is -3.64. The second-order valence-corrected chi connectivity index (χ2v) is 12.5. The zero-order chi connectivity index (χ0) is 32.1. The molecule has 3 aromatic carbocycles. The number of sulfonamides is 1. The van der Waals surface area contributed by atoms with Crippen LogP contribution in [0.4, 0.5) is 23.2 Å². The summed E-state index contributed by atoms with van der Waals surface area (Å²) in [5.74, 6) is -1.90. The standard InChI is InChI=1S/C30H32ClF4N3O4S/c1-5-27(29(40)36-19(2)3)37(17-21-8-10-22(32)11-9-21)28(39)18-38(43(41,42)24-13-6-20(4)7-14-24)23-12-15-26(31)25(16-23)30(33,34)35/h6-16,19,27H,5,17-18H2,1-4H3,(H,36,40)/t27-/m1/s1. The van der Waals surface area contributed by atoms with E-state index in [0.29, 0.717) is 15.9 Å². The SMILES string of the molecule is CC[C@H](C(=O)NC(C)C)N(Cc1ccc(F)cc1)C(=O)CN(c1ccc(Cl)c(C(F)(F)F)c1)S(=O)(=O)c1ccc(C)cc1. The third-order valence-electron chi connectivity index (χ3n) is 6.51. The number of nitrogens with one attached hydrogen (secondary N) is 1. The lowest BCUT2D eigenvalue weighted by Crippen LogP contribution is -2.53. The van der Waals surface area contributed by atoms with E-state index >= 15 is 0 Å². The molecule has 0 unspecified atom stereocenters. The van der Waals surface area contributed by atoms with Crippen LogP contribution in [0.5, 0.6) is 0 Å². The fourth-order valence-corrected chi connectivity index (χ4v) is 5.97. The molecule has 1 N–H and O–H groups in total. The van der Waals surface area contributed by atoms with Gasteiger partial charge in [-0.05, 0) is 75.2 Å². The van der Waals surface area contributed by atoms with Gasteiger partial charge >= 0.3 is 6.18 Å². The summed E-state index contributed by atoms with van der Waals surface area (Å²) in [6.45, 7) is 5.70. The Bertz CT molecular complexity index is 1550. The molecule has 0 heterocycles. The lowest BCUT2D eigenvalue weighted by atomic mass is 10.1. The van der Waals surface area contributed by atoms with E-state index in [1.54, 1.807) is 27.7 Å². The molecule has 0 aromatic heterocycles. The minimum atomic E-state index is -4.91. The van der Waals surface area contributed by atoms with Crippen LogP contribution in [0.15, 0.2) is 71.6 Å². The lowest BCUT2D eigenvalue weighted by molar-refractivity contribution is -0.140. The quantitative estimate of drug-likeness (QED) is 0.248. The topological polar surface area (TPSA) is 86.8 Å². The molecule has 0 saturated carbocycles. The van der Waals surface area contributed by atoms with E-state index in [-0.39, 0.29) is 23.9 Å². The fraction of sp³-hybridized carbons (Fsp3) is 0.333.